The standard InChI is InChI=1S/C49H52B20N4OS/c1-49(2)11-5-6-13-45(75-8-70-13)15(11)10-4-3-9(7-12(10)49)14-24(51)34(61)27(54)18-19-28(55)36(63)26(53)17(44(19)74-43(14)18)16-23(50)20(29(56)35(62)25(16)52)46-71-47(21-30(57)37(64)41(68)38(65)31(21)58)73-48(72-46)22-32(59)39(66)42(69)40(67)33(22)60/h3-8H,50-69H2,1-2H3. The molecule has 0 fully saturated rings. The lowest BCUT2D eigenvalue weighted by Crippen LogP contribution is -2.55. The van der Waals surface area contributed by atoms with Crippen molar-refractivity contribution >= 4 is 310 Å². The molecule has 75 heavy (non-hydrogen) atoms. The van der Waals surface area contributed by atoms with E-state index in [0.29, 0.717) is 5.82 Å². The molecule has 0 saturated heterocycles. The number of benzene rings is 7. The molecule has 3 heterocycles. The van der Waals surface area contributed by atoms with Crippen LogP contribution in [0.2, 0.25) is 0 Å². The van der Waals surface area contributed by atoms with Gasteiger partial charge in [-0.3, -0.25) is 0 Å². The summed E-state index contributed by atoms with van der Waals surface area (Å²) >= 11 is 1.74. The molecule has 0 saturated carbocycles. The van der Waals surface area contributed by atoms with Gasteiger partial charge in [-0.05, 0) is 39.9 Å². The maximum atomic E-state index is 7.69. The maximum Gasteiger partial charge on any atom is 0.162 e. The molecule has 11 rings (SSSR count). The van der Waals surface area contributed by atoms with Crippen molar-refractivity contribution < 1.29 is 4.42 Å². The summed E-state index contributed by atoms with van der Waals surface area (Å²) in [6, 6.07) is 11.6. The van der Waals surface area contributed by atoms with Gasteiger partial charge in [0.1, 0.15) is 168 Å². The highest BCUT2D eigenvalue weighted by Gasteiger charge is 2.38. The molecule has 0 atom stereocenters. The number of aromatic nitrogens is 4. The van der Waals surface area contributed by atoms with Crippen molar-refractivity contribution in [2.75, 3.05) is 0 Å². The number of hydrogen-bond donors (Lipinski definition) is 0. The number of fused-ring (bicyclic) bond motifs is 8. The molecule has 3 aromatic heterocycles. The van der Waals surface area contributed by atoms with Crippen LogP contribution < -0.4 is 109 Å². The molecule has 0 amide bonds. The SMILES string of the molecule is Bc1c(B)c(B)c(-c2nc(-c3c(B)c(B)c(B)c(B)c3B)nc(-c3c(B)c(B)c(B)c(-c4c(B)c(B)c(B)c5c4oc4c(-c6ccc7c(c6)C(C)(C)c6ccc8ncsc8c6-7)c(B)c(B)c(B)c45)c3B)n2)c(B)c1B. The predicted octanol–water partition coefficient (Wildman–Crippen LogP) is -21.8. The van der Waals surface area contributed by atoms with Crippen molar-refractivity contribution in [3.63, 3.8) is 0 Å². The van der Waals surface area contributed by atoms with Gasteiger partial charge in [0, 0.05) is 49.6 Å². The average molecular weight is 961 g/mol. The van der Waals surface area contributed by atoms with Crippen LogP contribution in [0, 0.1) is 0 Å². The number of furan rings is 1. The third-order valence-corrected chi connectivity index (χ3v) is 20.6. The highest BCUT2D eigenvalue weighted by atomic mass is 32.1. The molecule has 0 aliphatic heterocycles. The van der Waals surface area contributed by atoms with Gasteiger partial charge in [-0.1, -0.05) is 103 Å². The van der Waals surface area contributed by atoms with E-state index in [-0.39, 0.29) is 5.41 Å². The first-order valence-corrected chi connectivity index (χ1v) is 27.7. The van der Waals surface area contributed by atoms with E-state index in [2.05, 4.69) is 201 Å². The quantitative estimate of drug-likeness (QED) is 0.161. The second kappa shape index (κ2) is 17.8. The monoisotopic (exact) mass is 965 g/mol. The van der Waals surface area contributed by atoms with Crippen molar-refractivity contribution in [1.29, 1.82) is 0 Å². The second-order valence-corrected chi connectivity index (χ2v) is 24.0. The Hall–Kier alpha value is -5.46. The molecule has 1 aliphatic rings. The van der Waals surface area contributed by atoms with Gasteiger partial charge in [0.25, 0.3) is 0 Å². The Bertz CT molecular complexity index is 4160. The van der Waals surface area contributed by atoms with E-state index in [4.69, 9.17) is 24.4 Å². The van der Waals surface area contributed by atoms with Gasteiger partial charge in [-0.15, -0.1) is 49.6 Å². The van der Waals surface area contributed by atoms with Crippen molar-refractivity contribution in [3.05, 3.63) is 47.0 Å². The summed E-state index contributed by atoms with van der Waals surface area (Å²) in [4.78, 5) is 21.5. The van der Waals surface area contributed by atoms with Gasteiger partial charge in [0.2, 0.25) is 0 Å². The molecule has 0 spiro atoms. The zero-order valence-electron chi connectivity index (χ0n) is 48.6. The van der Waals surface area contributed by atoms with Gasteiger partial charge in [-0.2, -0.15) is 0 Å². The molecule has 26 heteroatoms. The molecule has 7 aromatic carbocycles. The first-order chi connectivity index (χ1) is 35.3. The van der Waals surface area contributed by atoms with E-state index in [1.165, 1.54) is 158 Å². The molecule has 10 aromatic rings. The van der Waals surface area contributed by atoms with Crippen molar-refractivity contribution in [1.82, 2.24) is 19.9 Å². The predicted molar refractivity (Wildman–Crippen MR) is 389 cm³/mol. The zero-order chi connectivity index (χ0) is 54.1. The fourth-order valence-electron chi connectivity index (χ4n) is 13.5. The minimum atomic E-state index is -0.182. The molecular weight excluding hydrogens is 909 g/mol. The Kier molecular flexibility index (Phi) is 12.3. The Morgan fingerprint density at radius 2 is 0.760 bits per heavy atom. The molecular formula is C49H52B20N4OS. The second-order valence-electron chi connectivity index (χ2n) is 23.1. The normalized spacial score (nSPS) is 12.8. The van der Waals surface area contributed by atoms with Crippen molar-refractivity contribution in [2.45, 2.75) is 19.3 Å². The zero-order valence-corrected chi connectivity index (χ0v) is 49.4. The lowest BCUT2D eigenvalue weighted by Gasteiger charge is -2.25. The third kappa shape index (κ3) is 7.11. The van der Waals surface area contributed by atoms with Crippen LogP contribution in [0.1, 0.15) is 25.0 Å². The first-order valence-electron chi connectivity index (χ1n) is 26.8. The number of hydrogen-bond acceptors (Lipinski definition) is 6. The molecule has 0 unspecified atom stereocenters. The van der Waals surface area contributed by atoms with Gasteiger partial charge < -0.3 is 4.42 Å². The van der Waals surface area contributed by atoms with Gasteiger partial charge >= 0.3 is 0 Å². The summed E-state index contributed by atoms with van der Waals surface area (Å²) in [5.41, 5.74) is 42.9. The van der Waals surface area contributed by atoms with Crippen LogP contribution in [-0.2, 0) is 5.41 Å². The van der Waals surface area contributed by atoms with Gasteiger partial charge in [0.05, 0.1) is 15.7 Å². The Balaban J connectivity index is 1.21. The number of rotatable bonds is 5. The molecule has 5 nitrogen and oxygen atoms in total. The van der Waals surface area contributed by atoms with E-state index in [0.717, 1.165) is 56.0 Å². The summed E-state index contributed by atoms with van der Waals surface area (Å²) in [5, 5.41) is 2.40. The van der Waals surface area contributed by atoms with Crippen LogP contribution in [0.5, 0.6) is 0 Å². The molecule has 0 N–H and O–H groups in total. The smallest absolute Gasteiger partial charge is 0.162 e. The van der Waals surface area contributed by atoms with Crippen LogP contribution in [-0.4, -0.2) is 177 Å². The highest BCUT2D eigenvalue weighted by Crippen LogP contribution is 2.53. The van der Waals surface area contributed by atoms with Crippen LogP contribution in [0.15, 0.2) is 40.3 Å². The lowest BCUT2D eigenvalue weighted by atomic mass is 9.60. The number of thiazole rings is 1. The molecule has 1 aliphatic carbocycles. The van der Waals surface area contributed by atoms with Gasteiger partial charge in [-0.25, -0.2) is 19.9 Å². The summed E-state index contributed by atoms with van der Waals surface area (Å²) < 4.78 is 8.95. The van der Waals surface area contributed by atoms with Crippen LogP contribution in [0.4, 0.5) is 0 Å². The van der Waals surface area contributed by atoms with Crippen molar-refractivity contribution in [2.24, 2.45) is 0 Å². The fraction of sp³-hybridized carbons (Fsp3) is 0.0612. The molecule has 340 valence electrons. The maximum absolute atomic E-state index is 7.69. The van der Waals surface area contributed by atoms with Crippen LogP contribution in [0.3, 0.4) is 0 Å². The number of nitrogens with zero attached hydrogens (tertiary/aromatic N) is 4. The van der Waals surface area contributed by atoms with E-state index >= 15 is 0 Å². The molecule has 0 bridgehead atoms. The summed E-state index contributed by atoms with van der Waals surface area (Å²) in [6.07, 6.45) is 0. The van der Waals surface area contributed by atoms with Gasteiger partial charge in [0.15, 0.2) is 17.5 Å². The van der Waals surface area contributed by atoms with E-state index in [1.54, 1.807) is 11.3 Å². The Morgan fingerprint density at radius 3 is 1.25 bits per heavy atom. The van der Waals surface area contributed by atoms with Crippen molar-refractivity contribution in [3.8, 4) is 67.5 Å². The minimum Gasteiger partial charge on any atom is -0.455 e. The highest BCUT2D eigenvalue weighted by molar-refractivity contribution is 7.17. The van der Waals surface area contributed by atoms with E-state index in [1.807, 2.05) is 5.51 Å². The average Bonchev–Trinajstić information content (AvgIpc) is 4.13. The lowest BCUT2D eigenvalue weighted by molar-refractivity contribution is 0.660. The van der Waals surface area contributed by atoms with Crippen LogP contribution in [0.25, 0.3) is 99.7 Å². The summed E-state index contributed by atoms with van der Waals surface area (Å²) in [6.45, 7) is 4.75. The van der Waals surface area contributed by atoms with E-state index in [9.17, 15) is 0 Å². The Labute approximate surface area is 464 Å². The Morgan fingerprint density at radius 1 is 0.373 bits per heavy atom. The largest absolute Gasteiger partial charge is 0.455 e. The summed E-state index contributed by atoms with van der Waals surface area (Å²) in [7, 11) is 45.2. The third-order valence-electron chi connectivity index (χ3n) is 19.7. The topological polar surface area (TPSA) is 64.7 Å². The molecule has 0 radical (unpaired) electrons. The fourth-order valence-corrected chi connectivity index (χ4v) is 14.4. The van der Waals surface area contributed by atoms with Crippen LogP contribution >= 0.6 is 11.3 Å². The first kappa shape index (κ1) is 51.6. The minimum absolute atomic E-state index is 0.182. The van der Waals surface area contributed by atoms with E-state index < -0.39 is 0 Å². The summed E-state index contributed by atoms with van der Waals surface area (Å²) in [5.74, 6) is 2.13.